The summed E-state index contributed by atoms with van der Waals surface area (Å²) in [7, 11) is 0. The lowest BCUT2D eigenvalue weighted by Gasteiger charge is -2.10. The van der Waals surface area contributed by atoms with Crippen LogP contribution in [0.4, 0.5) is 0 Å². The summed E-state index contributed by atoms with van der Waals surface area (Å²) in [4.78, 5) is 23.3. The Hall–Kier alpha value is -1.36. The first-order valence-electron chi connectivity index (χ1n) is 5.07. The van der Waals surface area contributed by atoms with Crippen molar-refractivity contribution in [3.63, 3.8) is 0 Å². The van der Waals surface area contributed by atoms with E-state index < -0.39 is 17.9 Å². The number of hydrogen-bond acceptors (Lipinski definition) is 4. The fourth-order valence-electron chi connectivity index (χ4n) is 1.20. The summed E-state index contributed by atoms with van der Waals surface area (Å²) in [5.41, 5.74) is 0. The van der Waals surface area contributed by atoms with Crippen LogP contribution in [-0.2, 0) is 20.7 Å². The highest BCUT2D eigenvalue weighted by atomic mass is 32.1. The van der Waals surface area contributed by atoms with Gasteiger partial charge in [0.1, 0.15) is 0 Å². The number of carbonyl (C=O) groups is 2. The van der Waals surface area contributed by atoms with Gasteiger partial charge in [0.25, 0.3) is 0 Å². The third-order valence-electron chi connectivity index (χ3n) is 2.02. The van der Waals surface area contributed by atoms with Crippen molar-refractivity contribution in [2.24, 2.45) is 5.92 Å². The van der Waals surface area contributed by atoms with Crippen LogP contribution in [0.5, 0.6) is 0 Å². The lowest BCUT2D eigenvalue weighted by molar-refractivity contribution is -0.158. The molecule has 0 aliphatic rings. The number of thiophene rings is 1. The van der Waals surface area contributed by atoms with Crippen molar-refractivity contribution in [3.05, 3.63) is 22.4 Å². The minimum absolute atomic E-state index is 0.204. The molecule has 0 bridgehead atoms. The SMILES string of the molecule is CCCOC(=O)[C@H](Cc1cccs1)C(=O)O. The lowest BCUT2D eigenvalue weighted by Crippen LogP contribution is -2.27. The lowest BCUT2D eigenvalue weighted by atomic mass is 10.1. The van der Waals surface area contributed by atoms with E-state index in [0.29, 0.717) is 6.42 Å². The van der Waals surface area contributed by atoms with Gasteiger partial charge in [-0.3, -0.25) is 9.59 Å². The fraction of sp³-hybridized carbons (Fsp3) is 0.455. The molecule has 0 fully saturated rings. The molecule has 0 aliphatic carbocycles. The number of hydrogen-bond donors (Lipinski definition) is 1. The molecule has 16 heavy (non-hydrogen) atoms. The summed E-state index contributed by atoms with van der Waals surface area (Å²) in [5.74, 6) is -2.87. The monoisotopic (exact) mass is 242 g/mol. The number of carboxylic acids is 1. The highest BCUT2D eigenvalue weighted by Gasteiger charge is 2.28. The molecule has 0 saturated heterocycles. The Balaban J connectivity index is 2.60. The molecule has 88 valence electrons. The number of aliphatic carboxylic acids is 1. The largest absolute Gasteiger partial charge is 0.481 e. The molecule has 5 heteroatoms. The van der Waals surface area contributed by atoms with Gasteiger partial charge in [-0.2, -0.15) is 0 Å². The molecule has 1 N–H and O–H groups in total. The number of ether oxygens (including phenoxy) is 1. The molecule has 1 aromatic rings. The summed E-state index contributed by atoms with van der Waals surface area (Å²) in [6.07, 6.45) is 0.895. The van der Waals surface area contributed by atoms with Gasteiger partial charge in [0.15, 0.2) is 5.92 Å². The molecule has 4 nitrogen and oxygen atoms in total. The Morgan fingerprint density at radius 2 is 2.31 bits per heavy atom. The van der Waals surface area contributed by atoms with Crippen molar-refractivity contribution in [2.45, 2.75) is 19.8 Å². The van der Waals surface area contributed by atoms with Crippen LogP contribution in [0.15, 0.2) is 17.5 Å². The smallest absolute Gasteiger partial charge is 0.320 e. The molecule has 0 spiro atoms. The molecule has 0 unspecified atom stereocenters. The standard InChI is InChI=1S/C11H14O4S/c1-2-5-15-11(14)9(10(12)13)7-8-4-3-6-16-8/h3-4,6,9H,2,5,7H2,1H3,(H,12,13)/t9-/m1/s1. The van der Waals surface area contributed by atoms with Crippen molar-refractivity contribution in [1.29, 1.82) is 0 Å². The Labute approximate surface area is 97.9 Å². The summed E-state index contributed by atoms with van der Waals surface area (Å²) in [6.45, 7) is 2.13. The van der Waals surface area contributed by atoms with Gasteiger partial charge in [0, 0.05) is 11.3 Å². The first kappa shape index (κ1) is 12.7. The first-order chi connectivity index (χ1) is 7.65. The second-order valence-electron chi connectivity index (χ2n) is 3.34. The van der Waals surface area contributed by atoms with Crippen LogP contribution in [0.2, 0.25) is 0 Å². The van der Waals surface area contributed by atoms with Crippen molar-refractivity contribution in [3.8, 4) is 0 Å². The van der Waals surface area contributed by atoms with Crippen molar-refractivity contribution < 1.29 is 19.4 Å². The van der Waals surface area contributed by atoms with Gasteiger partial charge in [-0.15, -0.1) is 11.3 Å². The van der Waals surface area contributed by atoms with Crippen molar-refractivity contribution in [2.75, 3.05) is 6.61 Å². The molecule has 0 amide bonds. The average Bonchev–Trinajstić information content (AvgIpc) is 2.74. The van der Waals surface area contributed by atoms with Gasteiger partial charge in [0.2, 0.25) is 0 Å². The molecule has 0 aromatic carbocycles. The maximum atomic E-state index is 11.5. The average molecular weight is 242 g/mol. The van der Waals surface area contributed by atoms with Crippen LogP contribution in [0, 0.1) is 5.92 Å². The molecule has 1 aromatic heterocycles. The Morgan fingerprint density at radius 1 is 1.56 bits per heavy atom. The molecule has 1 heterocycles. The Bertz CT molecular complexity index is 345. The minimum atomic E-state index is -1.13. The summed E-state index contributed by atoms with van der Waals surface area (Å²) in [6, 6.07) is 3.64. The summed E-state index contributed by atoms with van der Waals surface area (Å²) < 4.78 is 4.85. The van der Waals surface area contributed by atoms with Gasteiger partial charge in [-0.05, 0) is 17.9 Å². The predicted molar refractivity (Wildman–Crippen MR) is 60.4 cm³/mol. The zero-order valence-electron chi connectivity index (χ0n) is 9.01. The summed E-state index contributed by atoms with van der Waals surface area (Å²) >= 11 is 1.44. The van der Waals surface area contributed by atoms with E-state index in [2.05, 4.69) is 0 Å². The van der Waals surface area contributed by atoms with Gasteiger partial charge in [-0.25, -0.2) is 0 Å². The fourth-order valence-corrected chi connectivity index (χ4v) is 1.96. The zero-order chi connectivity index (χ0) is 12.0. The highest BCUT2D eigenvalue weighted by Crippen LogP contribution is 2.16. The molecule has 0 saturated carbocycles. The molecule has 0 aliphatic heterocycles. The normalized spacial score (nSPS) is 12.1. The van der Waals surface area contributed by atoms with E-state index in [9.17, 15) is 9.59 Å². The Kier molecular flexibility index (Phi) is 4.98. The van der Waals surface area contributed by atoms with E-state index in [-0.39, 0.29) is 13.0 Å². The van der Waals surface area contributed by atoms with Crippen molar-refractivity contribution in [1.82, 2.24) is 0 Å². The van der Waals surface area contributed by atoms with Crippen LogP contribution in [-0.4, -0.2) is 23.7 Å². The molecule has 0 radical (unpaired) electrons. The topological polar surface area (TPSA) is 63.6 Å². The molecule has 1 atom stereocenters. The van der Waals surface area contributed by atoms with E-state index in [1.165, 1.54) is 11.3 Å². The number of esters is 1. The van der Waals surface area contributed by atoms with E-state index >= 15 is 0 Å². The second-order valence-corrected chi connectivity index (χ2v) is 4.37. The Morgan fingerprint density at radius 3 is 2.81 bits per heavy atom. The van der Waals surface area contributed by atoms with Crippen LogP contribution in [0.1, 0.15) is 18.2 Å². The van der Waals surface area contributed by atoms with Crippen LogP contribution in [0.3, 0.4) is 0 Å². The third-order valence-corrected chi connectivity index (χ3v) is 2.92. The van der Waals surface area contributed by atoms with Gasteiger partial charge in [-0.1, -0.05) is 13.0 Å². The molecule has 1 rings (SSSR count). The molecular weight excluding hydrogens is 228 g/mol. The second kappa shape index (κ2) is 6.27. The zero-order valence-corrected chi connectivity index (χ0v) is 9.83. The van der Waals surface area contributed by atoms with E-state index in [0.717, 1.165) is 4.88 Å². The first-order valence-corrected chi connectivity index (χ1v) is 5.95. The van der Waals surface area contributed by atoms with Crippen LogP contribution in [0.25, 0.3) is 0 Å². The maximum absolute atomic E-state index is 11.5. The van der Waals surface area contributed by atoms with E-state index in [1.807, 2.05) is 24.4 Å². The van der Waals surface area contributed by atoms with Crippen LogP contribution >= 0.6 is 11.3 Å². The quantitative estimate of drug-likeness (QED) is 0.611. The molecular formula is C11H14O4S. The van der Waals surface area contributed by atoms with Crippen molar-refractivity contribution >= 4 is 23.3 Å². The highest BCUT2D eigenvalue weighted by molar-refractivity contribution is 7.09. The van der Waals surface area contributed by atoms with Gasteiger partial charge < -0.3 is 9.84 Å². The van der Waals surface area contributed by atoms with Gasteiger partial charge in [0.05, 0.1) is 6.61 Å². The maximum Gasteiger partial charge on any atom is 0.320 e. The van der Waals surface area contributed by atoms with Crippen LogP contribution < -0.4 is 0 Å². The third kappa shape index (κ3) is 3.66. The number of rotatable bonds is 6. The number of carboxylic acid groups (broad SMARTS) is 1. The van der Waals surface area contributed by atoms with Gasteiger partial charge >= 0.3 is 11.9 Å². The summed E-state index contributed by atoms with van der Waals surface area (Å²) in [5, 5.41) is 10.8. The van der Waals surface area contributed by atoms with E-state index in [1.54, 1.807) is 0 Å². The minimum Gasteiger partial charge on any atom is -0.481 e. The van der Waals surface area contributed by atoms with E-state index in [4.69, 9.17) is 9.84 Å². The number of carbonyl (C=O) groups excluding carboxylic acids is 1. The predicted octanol–water partition coefficient (Wildman–Crippen LogP) is 1.94.